The molecule has 1 saturated heterocycles. The van der Waals surface area contributed by atoms with Crippen LogP contribution in [0.15, 0.2) is 24.8 Å². The van der Waals surface area contributed by atoms with Crippen LogP contribution in [0.4, 0.5) is 0 Å². The molecule has 1 aliphatic rings. The fourth-order valence-electron chi connectivity index (χ4n) is 3.01. The van der Waals surface area contributed by atoms with Crippen LogP contribution in [0.1, 0.15) is 18.5 Å². The molecule has 5 heteroatoms. The SMILES string of the molecule is CN1CCC[C@@H](Cc2nccnc2-c2nccn2C)C1. The van der Waals surface area contributed by atoms with Crippen molar-refractivity contribution in [3.8, 4) is 11.5 Å². The van der Waals surface area contributed by atoms with E-state index in [1.807, 2.05) is 24.0 Å². The molecule has 0 saturated carbocycles. The van der Waals surface area contributed by atoms with Crippen LogP contribution in [0.2, 0.25) is 0 Å². The Bertz CT molecular complexity index is 577. The van der Waals surface area contributed by atoms with Gasteiger partial charge in [-0.2, -0.15) is 0 Å². The largest absolute Gasteiger partial charge is 0.333 e. The van der Waals surface area contributed by atoms with Crippen LogP contribution in [0, 0.1) is 5.92 Å². The van der Waals surface area contributed by atoms with Gasteiger partial charge in [-0.05, 0) is 38.8 Å². The van der Waals surface area contributed by atoms with Gasteiger partial charge in [0.05, 0.1) is 5.69 Å². The molecular formula is C15H21N5. The normalized spacial score (nSPS) is 20.2. The van der Waals surface area contributed by atoms with E-state index in [1.54, 1.807) is 12.4 Å². The first kappa shape index (κ1) is 13.2. The molecule has 0 unspecified atom stereocenters. The van der Waals surface area contributed by atoms with Crippen LogP contribution in [0.5, 0.6) is 0 Å². The number of piperidine rings is 1. The predicted octanol–water partition coefficient (Wildman–Crippen LogP) is 1.76. The number of likely N-dealkylation sites (tertiary alicyclic amines) is 1. The van der Waals surface area contributed by atoms with Gasteiger partial charge in [0.15, 0.2) is 5.82 Å². The Morgan fingerprint density at radius 2 is 2.00 bits per heavy atom. The van der Waals surface area contributed by atoms with Gasteiger partial charge in [-0.15, -0.1) is 0 Å². The molecule has 0 aromatic carbocycles. The number of nitrogens with zero attached hydrogens (tertiary/aromatic N) is 5. The van der Waals surface area contributed by atoms with Gasteiger partial charge < -0.3 is 9.47 Å². The summed E-state index contributed by atoms with van der Waals surface area (Å²) in [7, 11) is 4.19. The van der Waals surface area contributed by atoms with E-state index in [4.69, 9.17) is 0 Å². The van der Waals surface area contributed by atoms with Gasteiger partial charge in [0, 0.05) is 38.4 Å². The zero-order valence-electron chi connectivity index (χ0n) is 12.2. The van der Waals surface area contributed by atoms with Crippen molar-refractivity contribution in [2.24, 2.45) is 13.0 Å². The van der Waals surface area contributed by atoms with E-state index in [-0.39, 0.29) is 0 Å². The van der Waals surface area contributed by atoms with Gasteiger partial charge in [-0.1, -0.05) is 0 Å². The van der Waals surface area contributed by atoms with Crippen molar-refractivity contribution < 1.29 is 0 Å². The number of imidazole rings is 1. The van der Waals surface area contributed by atoms with Gasteiger partial charge >= 0.3 is 0 Å². The molecule has 1 fully saturated rings. The quantitative estimate of drug-likeness (QED) is 0.853. The molecule has 0 aliphatic carbocycles. The van der Waals surface area contributed by atoms with Gasteiger partial charge in [0.25, 0.3) is 0 Å². The first-order valence-corrected chi connectivity index (χ1v) is 7.20. The molecular weight excluding hydrogens is 250 g/mol. The minimum absolute atomic E-state index is 0.671. The summed E-state index contributed by atoms with van der Waals surface area (Å²) < 4.78 is 2.00. The van der Waals surface area contributed by atoms with Crippen molar-refractivity contribution in [1.82, 2.24) is 24.4 Å². The minimum Gasteiger partial charge on any atom is -0.333 e. The third-order valence-electron chi connectivity index (χ3n) is 4.01. The maximum atomic E-state index is 4.56. The molecule has 0 radical (unpaired) electrons. The summed E-state index contributed by atoms with van der Waals surface area (Å²) in [5.74, 6) is 1.57. The Morgan fingerprint density at radius 3 is 2.75 bits per heavy atom. The van der Waals surface area contributed by atoms with E-state index in [1.165, 1.54) is 19.4 Å². The Morgan fingerprint density at radius 1 is 1.15 bits per heavy atom. The van der Waals surface area contributed by atoms with Crippen LogP contribution in [0.3, 0.4) is 0 Å². The average Bonchev–Trinajstić information content (AvgIpc) is 2.86. The molecule has 3 heterocycles. The summed E-state index contributed by atoms with van der Waals surface area (Å²) in [6.07, 6.45) is 10.8. The Labute approximate surface area is 119 Å². The van der Waals surface area contributed by atoms with Crippen molar-refractivity contribution in [2.45, 2.75) is 19.3 Å². The topological polar surface area (TPSA) is 46.8 Å². The van der Waals surface area contributed by atoms with Crippen LogP contribution >= 0.6 is 0 Å². The van der Waals surface area contributed by atoms with Crippen LogP contribution in [-0.2, 0) is 13.5 Å². The molecule has 2 aromatic rings. The zero-order valence-corrected chi connectivity index (χ0v) is 12.2. The highest BCUT2D eigenvalue weighted by molar-refractivity contribution is 5.52. The van der Waals surface area contributed by atoms with E-state index in [2.05, 4.69) is 26.9 Å². The van der Waals surface area contributed by atoms with Crippen molar-refractivity contribution in [3.63, 3.8) is 0 Å². The molecule has 1 aliphatic heterocycles. The third-order valence-corrected chi connectivity index (χ3v) is 4.01. The highest BCUT2D eigenvalue weighted by Gasteiger charge is 2.21. The van der Waals surface area contributed by atoms with Gasteiger partial charge in [0.2, 0.25) is 0 Å². The molecule has 0 bridgehead atoms. The number of hydrogen-bond donors (Lipinski definition) is 0. The second-order valence-electron chi connectivity index (χ2n) is 5.69. The van der Waals surface area contributed by atoms with E-state index in [9.17, 15) is 0 Å². The summed E-state index contributed by atoms with van der Waals surface area (Å²) >= 11 is 0. The number of aromatic nitrogens is 4. The summed E-state index contributed by atoms with van der Waals surface area (Å²) in [5.41, 5.74) is 2.00. The highest BCUT2D eigenvalue weighted by Crippen LogP contribution is 2.24. The average molecular weight is 271 g/mol. The molecule has 0 N–H and O–H groups in total. The minimum atomic E-state index is 0.671. The first-order chi connectivity index (χ1) is 9.74. The lowest BCUT2D eigenvalue weighted by Gasteiger charge is -2.29. The summed E-state index contributed by atoms with van der Waals surface area (Å²) in [4.78, 5) is 15.9. The van der Waals surface area contributed by atoms with Crippen molar-refractivity contribution in [3.05, 3.63) is 30.5 Å². The summed E-state index contributed by atoms with van der Waals surface area (Å²) in [5, 5.41) is 0. The Kier molecular flexibility index (Phi) is 3.78. The molecule has 106 valence electrons. The molecule has 5 nitrogen and oxygen atoms in total. The van der Waals surface area contributed by atoms with Crippen molar-refractivity contribution in [2.75, 3.05) is 20.1 Å². The van der Waals surface area contributed by atoms with Crippen molar-refractivity contribution in [1.29, 1.82) is 0 Å². The third kappa shape index (κ3) is 2.72. The molecule has 1 atom stereocenters. The summed E-state index contributed by atoms with van der Waals surface area (Å²) in [6.45, 7) is 2.36. The zero-order chi connectivity index (χ0) is 13.9. The van der Waals surface area contributed by atoms with E-state index < -0.39 is 0 Å². The first-order valence-electron chi connectivity index (χ1n) is 7.20. The number of rotatable bonds is 3. The molecule has 20 heavy (non-hydrogen) atoms. The summed E-state index contributed by atoms with van der Waals surface area (Å²) in [6, 6.07) is 0. The fraction of sp³-hybridized carbons (Fsp3) is 0.533. The van der Waals surface area contributed by atoms with E-state index in [0.717, 1.165) is 30.2 Å². The predicted molar refractivity (Wildman–Crippen MR) is 78.2 cm³/mol. The number of hydrogen-bond acceptors (Lipinski definition) is 4. The molecule has 0 amide bonds. The monoisotopic (exact) mass is 271 g/mol. The maximum absolute atomic E-state index is 4.56. The Balaban J connectivity index is 1.85. The lowest BCUT2D eigenvalue weighted by atomic mass is 9.93. The standard InChI is InChI=1S/C15H21N5/c1-19-8-3-4-12(11-19)10-13-14(17-6-5-16-13)15-18-7-9-20(15)2/h5-7,9,12H,3-4,8,10-11H2,1-2H3/t12-/m0/s1. The molecule has 3 rings (SSSR count). The van der Waals surface area contributed by atoms with Crippen LogP contribution in [-0.4, -0.2) is 44.6 Å². The second kappa shape index (κ2) is 5.71. The van der Waals surface area contributed by atoms with E-state index in [0.29, 0.717) is 5.92 Å². The molecule has 0 spiro atoms. The molecule has 2 aromatic heterocycles. The van der Waals surface area contributed by atoms with Gasteiger partial charge in [-0.25, -0.2) is 9.97 Å². The maximum Gasteiger partial charge on any atom is 0.160 e. The second-order valence-corrected chi connectivity index (χ2v) is 5.69. The van der Waals surface area contributed by atoms with Gasteiger partial charge in [-0.3, -0.25) is 4.98 Å². The lowest BCUT2D eigenvalue weighted by Crippen LogP contribution is -2.33. The lowest BCUT2D eigenvalue weighted by molar-refractivity contribution is 0.208. The highest BCUT2D eigenvalue weighted by atomic mass is 15.1. The van der Waals surface area contributed by atoms with E-state index >= 15 is 0 Å². The fourth-order valence-corrected chi connectivity index (χ4v) is 3.01. The smallest absolute Gasteiger partial charge is 0.160 e. The van der Waals surface area contributed by atoms with Crippen molar-refractivity contribution >= 4 is 0 Å². The van der Waals surface area contributed by atoms with Crippen LogP contribution < -0.4 is 0 Å². The Hall–Kier alpha value is -1.75. The van der Waals surface area contributed by atoms with Crippen LogP contribution in [0.25, 0.3) is 11.5 Å². The van der Waals surface area contributed by atoms with Gasteiger partial charge in [0.1, 0.15) is 5.69 Å². The number of aryl methyl sites for hydroxylation is 1.